The van der Waals surface area contributed by atoms with Gasteiger partial charge in [-0.1, -0.05) is 13.8 Å². The molecule has 4 heteroatoms. The van der Waals surface area contributed by atoms with Gasteiger partial charge in [0.1, 0.15) is 17.5 Å². The second-order valence-electron chi connectivity index (χ2n) is 5.25. The monoisotopic (exact) mass is 248 g/mol. The Morgan fingerprint density at radius 3 is 2.56 bits per heavy atom. The van der Waals surface area contributed by atoms with Crippen LogP contribution in [0.25, 0.3) is 0 Å². The predicted octanol–water partition coefficient (Wildman–Crippen LogP) is 3.07. The first kappa shape index (κ1) is 13.1. The fraction of sp³-hybridized carbons (Fsp3) is 0.714. The number of nitrogens with one attached hydrogen (secondary N) is 2. The van der Waals surface area contributed by atoms with E-state index in [2.05, 4.69) is 41.4 Å². The largest absolute Gasteiger partial charge is 0.370 e. The number of aryl methyl sites for hydroxylation is 1. The lowest BCUT2D eigenvalue weighted by Gasteiger charge is -2.33. The molecule has 0 saturated heterocycles. The summed E-state index contributed by atoms with van der Waals surface area (Å²) in [6.45, 7) is 7.43. The van der Waals surface area contributed by atoms with Crippen LogP contribution in [0.1, 0.15) is 45.9 Å². The zero-order valence-corrected chi connectivity index (χ0v) is 11.7. The summed E-state index contributed by atoms with van der Waals surface area (Å²) < 4.78 is 0. The summed E-state index contributed by atoms with van der Waals surface area (Å²) in [6.07, 6.45) is 4.53. The Hall–Kier alpha value is -1.32. The van der Waals surface area contributed by atoms with Crippen LogP contribution < -0.4 is 10.6 Å². The summed E-state index contributed by atoms with van der Waals surface area (Å²) in [5, 5.41) is 6.79. The van der Waals surface area contributed by atoms with Crippen molar-refractivity contribution in [2.45, 2.75) is 52.5 Å². The van der Waals surface area contributed by atoms with Crippen molar-refractivity contribution in [1.29, 1.82) is 0 Å². The van der Waals surface area contributed by atoms with Crippen LogP contribution in [0.3, 0.4) is 0 Å². The topological polar surface area (TPSA) is 49.8 Å². The smallest absolute Gasteiger partial charge is 0.133 e. The van der Waals surface area contributed by atoms with Gasteiger partial charge in [0.25, 0.3) is 0 Å². The molecule has 0 amide bonds. The standard InChI is InChI=1S/C14H24N4/c1-4-6-12-17-13(15-5-2)9-14(18-12)16-11-7-10(3)8-11/h9-11H,4-8H2,1-3H3,(H2,15,16,17,18). The number of rotatable bonds is 6. The van der Waals surface area contributed by atoms with E-state index in [1.54, 1.807) is 0 Å². The summed E-state index contributed by atoms with van der Waals surface area (Å²) in [4.78, 5) is 9.11. The van der Waals surface area contributed by atoms with Gasteiger partial charge in [-0.05, 0) is 32.1 Å². The van der Waals surface area contributed by atoms with Gasteiger partial charge >= 0.3 is 0 Å². The molecule has 1 heterocycles. The molecule has 0 bridgehead atoms. The maximum atomic E-state index is 4.59. The third-order valence-electron chi connectivity index (χ3n) is 3.33. The van der Waals surface area contributed by atoms with Gasteiger partial charge in [-0.25, -0.2) is 9.97 Å². The Bertz CT molecular complexity index is 361. The molecule has 100 valence electrons. The quantitative estimate of drug-likeness (QED) is 0.812. The van der Waals surface area contributed by atoms with Gasteiger partial charge in [0.05, 0.1) is 0 Å². The van der Waals surface area contributed by atoms with E-state index in [1.807, 2.05) is 6.07 Å². The molecule has 0 spiro atoms. The Morgan fingerprint density at radius 1 is 1.22 bits per heavy atom. The van der Waals surface area contributed by atoms with Gasteiger partial charge < -0.3 is 10.6 Å². The van der Waals surface area contributed by atoms with Crippen LogP contribution in [0.4, 0.5) is 11.6 Å². The van der Waals surface area contributed by atoms with Crippen LogP contribution >= 0.6 is 0 Å². The van der Waals surface area contributed by atoms with Crippen LogP contribution in [0.5, 0.6) is 0 Å². The second-order valence-corrected chi connectivity index (χ2v) is 5.25. The normalized spacial score (nSPS) is 22.4. The van der Waals surface area contributed by atoms with E-state index in [0.717, 1.165) is 42.8 Å². The van der Waals surface area contributed by atoms with Gasteiger partial charge in [-0.15, -0.1) is 0 Å². The van der Waals surface area contributed by atoms with Gasteiger partial charge in [0, 0.05) is 25.1 Å². The second kappa shape index (κ2) is 6.03. The van der Waals surface area contributed by atoms with Crippen LogP contribution in [0.2, 0.25) is 0 Å². The van der Waals surface area contributed by atoms with E-state index in [-0.39, 0.29) is 0 Å². The molecule has 1 aromatic heterocycles. The molecule has 1 aliphatic carbocycles. The van der Waals surface area contributed by atoms with E-state index in [4.69, 9.17) is 0 Å². The lowest BCUT2D eigenvalue weighted by atomic mass is 9.82. The molecular formula is C14H24N4. The van der Waals surface area contributed by atoms with Gasteiger partial charge in [0.15, 0.2) is 0 Å². The number of anilines is 2. The highest BCUT2D eigenvalue weighted by atomic mass is 15.1. The highest BCUT2D eigenvalue weighted by Crippen LogP contribution is 2.29. The Morgan fingerprint density at radius 2 is 1.94 bits per heavy atom. The van der Waals surface area contributed by atoms with Crippen molar-refractivity contribution in [3.63, 3.8) is 0 Å². The SMILES string of the molecule is CCCc1nc(NCC)cc(NC2CC(C)C2)n1. The van der Waals surface area contributed by atoms with E-state index in [0.29, 0.717) is 6.04 Å². The molecule has 1 aliphatic rings. The van der Waals surface area contributed by atoms with Crippen molar-refractivity contribution >= 4 is 11.6 Å². The number of hydrogen-bond donors (Lipinski definition) is 2. The molecular weight excluding hydrogens is 224 g/mol. The van der Waals surface area contributed by atoms with Crippen LogP contribution in [-0.2, 0) is 6.42 Å². The average molecular weight is 248 g/mol. The first-order valence-corrected chi connectivity index (χ1v) is 7.09. The third kappa shape index (κ3) is 3.34. The molecule has 2 N–H and O–H groups in total. The molecule has 1 saturated carbocycles. The first-order chi connectivity index (χ1) is 8.71. The fourth-order valence-corrected chi connectivity index (χ4v) is 2.41. The molecule has 0 aliphatic heterocycles. The highest BCUT2D eigenvalue weighted by Gasteiger charge is 2.25. The Labute approximate surface area is 110 Å². The van der Waals surface area contributed by atoms with Gasteiger partial charge in [-0.2, -0.15) is 0 Å². The number of hydrogen-bond acceptors (Lipinski definition) is 4. The van der Waals surface area contributed by atoms with E-state index in [9.17, 15) is 0 Å². The lowest BCUT2D eigenvalue weighted by Crippen LogP contribution is -2.34. The lowest BCUT2D eigenvalue weighted by molar-refractivity contribution is 0.308. The van der Waals surface area contributed by atoms with Crippen molar-refractivity contribution in [2.24, 2.45) is 5.92 Å². The molecule has 0 unspecified atom stereocenters. The Kier molecular flexibility index (Phi) is 4.39. The van der Waals surface area contributed by atoms with Crippen molar-refractivity contribution < 1.29 is 0 Å². The summed E-state index contributed by atoms with van der Waals surface area (Å²) in [7, 11) is 0. The minimum Gasteiger partial charge on any atom is -0.370 e. The van der Waals surface area contributed by atoms with E-state index in [1.165, 1.54) is 12.8 Å². The van der Waals surface area contributed by atoms with Crippen LogP contribution in [-0.4, -0.2) is 22.6 Å². The first-order valence-electron chi connectivity index (χ1n) is 7.09. The molecule has 0 atom stereocenters. The molecule has 0 radical (unpaired) electrons. The van der Waals surface area contributed by atoms with Crippen LogP contribution in [0.15, 0.2) is 6.07 Å². The van der Waals surface area contributed by atoms with Crippen molar-refractivity contribution in [3.05, 3.63) is 11.9 Å². The Balaban J connectivity index is 2.06. The summed E-state index contributed by atoms with van der Waals surface area (Å²) in [5.74, 6) is 3.70. The number of nitrogens with zero attached hydrogens (tertiary/aromatic N) is 2. The molecule has 0 aromatic carbocycles. The van der Waals surface area contributed by atoms with E-state index >= 15 is 0 Å². The minimum atomic E-state index is 0.596. The maximum absolute atomic E-state index is 4.59. The molecule has 18 heavy (non-hydrogen) atoms. The summed E-state index contributed by atoms with van der Waals surface area (Å²) >= 11 is 0. The average Bonchev–Trinajstić information content (AvgIpc) is 2.27. The van der Waals surface area contributed by atoms with Crippen molar-refractivity contribution in [2.75, 3.05) is 17.2 Å². The summed E-state index contributed by atoms with van der Waals surface area (Å²) in [5.41, 5.74) is 0. The van der Waals surface area contributed by atoms with Crippen molar-refractivity contribution in [3.8, 4) is 0 Å². The highest BCUT2D eigenvalue weighted by molar-refractivity contribution is 5.48. The fourth-order valence-electron chi connectivity index (χ4n) is 2.41. The predicted molar refractivity (Wildman–Crippen MR) is 76.0 cm³/mol. The van der Waals surface area contributed by atoms with Crippen molar-refractivity contribution in [1.82, 2.24) is 9.97 Å². The zero-order valence-electron chi connectivity index (χ0n) is 11.7. The van der Waals surface area contributed by atoms with Gasteiger partial charge in [0.2, 0.25) is 0 Å². The van der Waals surface area contributed by atoms with E-state index < -0.39 is 0 Å². The van der Waals surface area contributed by atoms with Crippen LogP contribution in [0, 0.1) is 5.92 Å². The molecule has 1 fully saturated rings. The number of aromatic nitrogens is 2. The minimum absolute atomic E-state index is 0.596. The third-order valence-corrected chi connectivity index (χ3v) is 3.33. The molecule has 4 nitrogen and oxygen atoms in total. The molecule has 2 rings (SSSR count). The van der Waals surface area contributed by atoms with Gasteiger partial charge in [-0.3, -0.25) is 0 Å². The maximum Gasteiger partial charge on any atom is 0.133 e. The molecule has 1 aromatic rings. The summed E-state index contributed by atoms with van der Waals surface area (Å²) in [6, 6.07) is 2.62. The zero-order chi connectivity index (χ0) is 13.0.